The molecule has 0 heterocycles. The Hall–Kier alpha value is -4.18. The second-order valence-electron chi connectivity index (χ2n) is 6.89. The van der Waals surface area contributed by atoms with Crippen molar-refractivity contribution >= 4 is 33.8 Å². The standard InChI is InChI=1S/C24H23N3O6S/c1-32-24(29)18-33-21-12-8-9-19(15-21)16-25-26-23(28)17-27(20-10-4-2-5-11-20)34(30,31)22-13-6-3-7-14-22/h2-16H,17-18H2,1H3,(H,26,28)/b25-16-. The predicted molar refractivity (Wildman–Crippen MR) is 127 cm³/mol. The lowest BCUT2D eigenvalue weighted by Gasteiger charge is -2.23. The van der Waals surface area contributed by atoms with Crippen LogP contribution in [0.3, 0.4) is 0 Å². The third-order valence-electron chi connectivity index (χ3n) is 4.51. The van der Waals surface area contributed by atoms with Crippen LogP contribution in [-0.4, -0.2) is 46.8 Å². The number of hydrogen-bond acceptors (Lipinski definition) is 7. The van der Waals surface area contributed by atoms with Gasteiger partial charge < -0.3 is 9.47 Å². The number of anilines is 1. The van der Waals surface area contributed by atoms with E-state index in [0.29, 0.717) is 17.0 Å². The van der Waals surface area contributed by atoms with Crippen molar-refractivity contribution in [3.8, 4) is 5.75 Å². The Labute approximate surface area is 197 Å². The number of amides is 1. The first-order valence-corrected chi connectivity index (χ1v) is 11.6. The summed E-state index contributed by atoms with van der Waals surface area (Å²) in [6.07, 6.45) is 1.38. The molecule has 0 bridgehead atoms. The molecule has 0 fully saturated rings. The molecule has 9 nitrogen and oxygen atoms in total. The summed E-state index contributed by atoms with van der Waals surface area (Å²) in [4.78, 5) is 23.8. The molecule has 0 aliphatic heterocycles. The van der Waals surface area contributed by atoms with Crippen molar-refractivity contribution in [3.05, 3.63) is 90.5 Å². The largest absolute Gasteiger partial charge is 0.482 e. The Balaban J connectivity index is 1.70. The van der Waals surface area contributed by atoms with Crippen LogP contribution in [0.1, 0.15) is 5.56 Å². The van der Waals surface area contributed by atoms with E-state index >= 15 is 0 Å². The van der Waals surface area contributed by atoms with Gasteiger partial charge in [-0.1, -0.05) is 48.5 Å². The van der Waals surface area contributed by atoms with Gasteiger partial charge in [0.25, 0.3) is 15.9 Å². The van der Waals surface area contributed by atoms with E-state index < -0.39 is 28.4 Å². The van der Waals surface area contributed by atoms with Crippen molar-refractivity contribution in [2.24, 2.45) is 5.10 Å². The second-order valence-corrected chi connectivity index (χ2v) is 8.75. The summed E-state index contributed by atoms with van der Waals surface area (Å²) in [5.41, 5.74) is 3.29. The number of methoxy groups -OCH3 is 1. The monoisotopic (exact) mass is 481 g/mol. The van der Waals surface area contributed by atoms with E-state index in [2.05, 4.69) is 15.3 Å². The highest BCUT2D eigenvalue weighted by molar-refractivity contribution is 7.92. The van der Waals surface area contributed by atoms with Crippen molar-refractivity contribution in [2.45, 2.75) is 4.90 Å². The number of sulfonamides is 1. The number of carbonyl (C=O) groups is 2. The average molecular weight is 482 g/mol. The molecule has 1 N–H and O–H groups in total. The maximum Gasteiger partial charge on any atom is 0.343 e. The minimum absolute atomic E-state index is 0.0684. The summed E-state index contributed by atoms with van der Waals surface area (Å²) in [6.45, 7) is -0.708. The number of nitrogens with zero attached hydrogens (tertiary/aromatic N) is 2. The molecule has 0 aliphatic carbocycles. The maximum atomic E-state index is 13.2. The van der Waals surface area contributed by atoms with Crippen LogP contribution in [0.4, 0.5) is 5.69 Å². The van der Waals surface area contributed by atoms with Gasteiger partial charge in [-0.25, -0.2) is 18.6 Å². The molecule has 10 heteroatoms. The van der Waals surface area contributed by atoms with Crippen LogP contribution in [0, 0.1) is 0 Å². The van der Waals surface area contributed by atoms with E-state index in [0.717, 1.165) is 4.31 Å². The van der Waals surface area contributed by atoms with E-state index in [1.807, 2.05) is 0 Å². The molecule has 0 unspecified atom stereocenters. The fraction of sp³-hybridized carbons (Fsp3) is 0.125. The first-order chi connectivity index (χ1) is 16.4. The summed E-state index contributed by atoms with van der Waals surface area (Å²) < 4.78 is 37.2. The molecule has 0 saturated carbocycles. The molecule has 1 amide bonds. The highest BCUT2D eigenvalue weighted by atomic mass is 32.2. The molecule has 0 aliphatic rings. The summed E-state index contributed by atoms with van der Waals surface area (Å²) in [5.74, 6) is -0.720. The van der Waals surface area contributed by atoms with Gasteiger partial charge in [-0.15, -0.1) is 0 Å². The van der Waals surface area contributed by atoms with Gasteiger partial charge in [0, 0.05) is 0 Å². The van der Waals surface area contributed by atoms with E-state index in [9.17, 15) is 18.0 Å². The van der Waals surface area contributed by atoms with Gasteiger partial charge in [-0.3, -0.25) is 9.10 Å². The van der Waals surface area contributed by atoms with Crippen LogP contribution >= 0.6 is 0 Å². The van der Waals surface area contributed by atoms with Gasteiger partial charge in [-0.05, 0) is 42.0 Å². The normalized spacial score (nSPS) is 11.1. The van der Waals surface area contributed by atoms with Crippen LogP contribution in [0.25, 0.3) is 0 Å². The van der Waals surface area contributed by atoms with Crippen molar-refractivity contribution in [1.29, 1.82) is 0 Å². The van der Waals surface area contributed by atoms with Crippen LogP contribution < -0.4 is 14.5 Å². The third-order valence-corrected chi connectivity index (χ3v) is 6.30. The van der Waals surface area contributed by atoms with Crippen molar-refractivity contribution in [3.63, 3.8) is 0 Å². The summed E-state index contributed by atoms with van der Waals surface area (Å²) >= 11 is 0. The molecule has 3 rings (SSSR count). The number of esters is 1. The number of ether oxygens (including phenoxy) is 2. The SMILES string of the molecule is COC(=O)COc1cccc(/C=N\NC(=O)CN(c2ccccc2)S(=O)(=O)c2ccccc2)c1. The van der Waals surface area contributed by atoms with Crippen molar-refractivity contribution in [2.75, 3.05) is 24.6 Å². The molecular weight excluding hydrogens is 458 g/mol. The van der Waals surface area contributed by atoms with Gasteiger partial charge in [0.1, 0.15) is 12.3 Å². The average Bonchev–Trinajstić information content (AvgIpc) is 2.87. The Morgan fingerprint density at radius 2 is 1.65 bits per heavy atom. The highest BCUT2D eigenvalue weighted by Crippen LogP contribution is 2.23. The number of carbonyl (C=O) groups excluding carboxylic acids is 2. The van der Waals surface area contributed by atoms with Crippen LogP contribution in [0.15, 0.2) is 94.9 Å². The van der Waals surface area contributed by atoms with E-state index in [-0.39, 0.29) is 11.5 Å². The number of hydrazone groups is 1. The third kappa shape index (κ3) is 6.66. The molecule has 3 aromatic rings. The minimum atomic E-state index is -3.98. The Kier molecular flexibility index (Phi) is 8.36. The zero-order chi connectivity index (χ0) is 24.4. The molecular formula is C24H23N3O6S. The number of para-hydroxylation sites is 1. The molecule has 0 atom stereocenters. The predicted octanol–water partition coefficient (Wildman–Crippen LogP) is 2.58. The molecule has 0 spiro atoms. The Bertz CT molecular complexity index is 1250. The first kappa shape index (κ1) is 24.5. The maximum absolute atomic E-state index is 13.2. The number of hydrogen-bond donors (Lipinski definition) is 1. The van der Waals surface area contributed by atoms with Crippen molar-refractivity contribution in [1.82, 2.24) is 5.43 Å². The second kappa shape index (κ2) is 11.6. The lowest BCUT2D eigenvalue weighted by atomic mass is 10.2. The van der Waals surface area contributed by atoms with Gasteiger partial charge in [0.15, 0.2) is 6.61 Å². The summed E-state index contributed by atoms with van der Waals surface area (Å²) in [7, 11) is -2.72. The van der Waals surface area contributed by atoms with Gasteiger partial charge in [-0.2, -0.15) is 5.10 Å². The zero-order valence-electron chi connectivity index (χ0n) is 18.3. The number of benzene rings is 3. The van der Waals surface area contributed by atoms with Gasteiger partial charge >= 0.3 is 5.97 Å². The topological polar surface area (TPSA) is 114 Å². The summed E-state index contributed by atoms with van der Waals surface area (Å²) in [5, 5.41) is 3.90. The highest BCUT2D eigenvalue weighted by Gasteiger charge is 2.26. The quantitative estimate of drug-likeness (QED) is 0.270. The molecule has 176 valence electrons. The molecule has 34 heavy (non-hydrogen) atoms. The summed E-state index contributed by atoms with van der Waals surface area (Å²) in [6, 6.07) is 22.9. The van der Waals surface area contributed by atoms with E-state index in [1.54, 1.807) is 72.8 Å². The van der Waals surface area contributed by atoms with Crippen LogP contribution in [-0.2, 0) is 24.3 Å². The van der Waals surface area contributed by atoms with Crippen LogP contribution in [0.5, 0.6) is 5.75 Å². The molecule has 0 radical (unpaired) electrons. The first-order valence-electron chi connectivity index (χ1n) is 10.1. The lowest BCUT2D eigenvalue weighted by Crippen LogP contribution is -2.39. The zero-order valence-corrected chi connectivity index (χ0v) is 19.1. The van der Waals surface area contributed by atoms with Gasteiger partial charge in [0.05, 0.1) is 23.9 Å². The van der Waals surface area contributed by atoms with Gasteiger partial charge in [0.2, 0.25) is 0 Å². The number of rotatable bonds is 10. The fourth-order valence-electron chi connectivity index (χ4n) is 2.86. The fourth-order valence-corrected chi connectivity index (χ4v) is 4.30. The van der Waals surface area contributed by atoms with Crippen molar-refractivity contribution < 1.29 is 27.5 Å². The number of nitrogens with one attached hydrogen (secondary N) is 1. The Morgan fingerprint density at radius 1 is 0.971 bits per heavy atom. The van der Waals surface area contributed by atoms with E-state index in [1.165, 1.54) is 25.5 Å². The minimum Gasteiger partial charge on any atom is -0.482 e. The van der Waals surface area contributed by atoms with Crippen LogP contribution in [0.2, 0.25) is 0 Å². The lowest BCUT2D eigenvalue weighted by molar-refractivity contribution is -0.142. The van der Waals surface area contributed by atoms with E-state index in [4.69, 9.17) is 4.74 Å². The molecule has 3 aromatic carbocycles. The Morgan fingerprint density at radius 3 is 2.32 bits per heavy atom. The molecule has 0 aromatic heterocycles. The molecule has 0 saturated heterocycles. The smallest absolute Gasteiger partial charge is 0.343 e.